The highest BCUT2D eigenvalue weighted by Crippen LogP contribution is 2.13. The van der Waals surface area contributed by atoms with E-state index in [0.717, 1.165) is 11.1 Å². The number of ether oxygens (including phenoxy) is 1. The summed E-state index contributed by atoms with van der Waals surface area (Å²) in [4.78, 5) is 13.5. The fourth-order valence-electron chi connectivity index (χ4n) is 1.94. The van der Waals surface area contributed by atoms with Crippen LogP contribution in [0.15, 0.2) is 48.5 Å². The topological polar surface area (TPSA) is 49.8 Å². The number of nitrogens with zero attached hydrogens (tertiary/aromatic N) is 1. The molecule has 2 aromatic rings. The summed E-state index contributed by atoms with van der Waals surface area (Å²) in [7, 11) is 1.67. The second kappa shape index (κ2) is 7.56. The second-order valence-electron chi connectivity index (χ2n) is 4.97. The zero-order chi connectivity index (χ0) is 15.9. The highest BCUT2D eigenvalue weighted by molar-refractivity contribution is 5.77. The summed E-state index contributed by atoms with van der Waals surface area (Å²) in [5, 5.41) is 9.05. The number of aliphatic hydroxyl groups excluding tert-OH is 1. The molecule has 4 nitrogen and oxygen atoms in total. The summed E-state index contributed by atoms with van der Waals surface area (Å²) in [6.07, 6.45) is 0. The molecule has 0 aliphatic heterocycles. The molecule has 0 heterocycles. The number of likely N-dealkylation sites (N-methyl/N-ethyl adjacent to an activating group) is 1. The van der Waals surface area contributed by atoms with E-state index in [9.17, 15) is 9.18 Å². The first kappa shape index (κ1) is 16.0. The minimum absolute atomic E-state index is 0.0738. The van der Waals surface area contributed by atoms with E-state index in [4.69, 9.17) is 9.84 Å². The summed E-state index contributed by atoms with van der Waals surface area (Å²) in [5.74, 6) is 0.0543. The van der Waals surface area contributed by atoms with E-state index in [1.165, 1.54) is 17.0 Å². The number of carbonyl (C=O) groups is 1. The van der Waals surface area contributed by atoms with Crippen LogP contribution < -0.4 is 4.74 Å². The number of carbonyl (C=O) groups excluding carboxylic acids is 1. The van der Waals surface area contributed by atoms with Gasteiger partial charge in [0.15, 0.2) is 6.61 Å². The van der Waals surface area contributed by atoms with Gasteiger partial charge < -0.3 is 14.7 Å². The Bertz CT molecular complexity index is 628. The van der Waals surface area contributed by atoms with Crippen LogP contribution in [0.3, 0.4) is 0 Å². The molecule has 0 saturated carbocycles. The van der Waals surface area contributed by atoms with Crippen LogP contribution >= 0.6 is 0 Å². The number of hydrogen-bond donors (Lipinski definition) is 1. The van der Waals surface area contributed by atoms with Gasteiger partial charge in [-0.05, 0) is 35.4 Å². The van der Waals surface area contributed by atoms with Crippen molar-refractivity contribution in [2.75, 3.05) is 13.7 Å². The van der Waals surface area contributed by atoms with Crippen molar-refractivity contribution in [3.8, 4) is 5.75 Å². The maximum Gasteiger partial charge on any atom is 0.260 e. The van der Waals surface area contributed by atoms with Gasteiger partial charge in [-0.1, -0.05) is 24.3 Å². The summed E-state index contributed by atoms with van der Waals surface area (Å²) < 4.78 is 18.3. The van der Waals surface area contributed by atoms with Crippen LogP contribution in [0.5, 0.6) is 5.75 Å². The zero-order valence-electron chi connectivity index (χ0n) is 12.3. The standard InChI is InChI=1S/C17H18FNO3/c1-19(10-13-5-7-15(18)8-6-13)17(21)12-22-16-4-2-3-14(9-16)11-20/h2-9,20H,10-12H2,1H3. The van der Waals surface area contributed by atoms with Gasteiger partial charge in [0.05, 0.1) is 6.61 Å². The van der Waals surface area contributed by atoms with Gasteiger partial charge in [-0.15, -0.1) is 0 Å². The molecule has 0 unspecified atom stereocenters. The smallest absolute Gasteiger partial charge is 0.260 e. The second-order valence-corrected chi connectivity index (χ2v) is 4.97. The van der Waals surface area contributed by atoms with Crippen molar-refractivity contribution in [3.05, 3.63) is 65.5 Å². The molecule has 22 heavy (non-hydrogen) atoms. The van der Waals surface area contributed by atoms with Crippen LogP contribution in [-0.2, 0) is 17.9 Å². The van der Waals surface area contributed by atoms with Gasteiger partial charge in [0, 0.05) is 13.6 Å². The average Bonchev–Trinajstić information content (AvgIpc) is 2.54. The highest BCUT2D eigenvalue weighted by atomic mass is 19.1. The summed E-state index contributed by atoms with van der Waals surface area (Å²) in [5.41, 5.74) is 1.57. The lowest BCUT2D eigenvalue weighted by Crippen LogP contribution is -2.30. The van der Waals surface area contributed by atoms with E-state index in [2.05, 4.69) is 0 Å². The van der Waals surface area contributed by atoms with Gasteiger partial charge >= 0.3 is 0 Å². The fraction of sp³-hybridized carbons (Fsp3) is 0.235. The van der Waals surface area contributed by atoms with Gasteiger partial charge in [0.25, 0.3) is 5.91 Å². The van der Waals surface area contributed by atoms with E-state index in [0.29, 0.717) is 12.3 Å². The Morgan fingerprint density at radius 2 is 1.91 bits per heavy atom. The van der Waals surface area contributed by atoms with E-state index in [-0.39, 0.29) is 24.9 Å². The van der Waals surface area contributed by atoms with Crippen molar-refractivity contribution in [2.45, 2.75) is 13.2 Å². The molecule has 1 N–H and O–H groups in total. The number of aliphatic hydroxyl groups is 1. The van der Waals surface area contributed by atoms with Crippen LogP contribution in [-0.4, -0.2) is 29.6 Å². The van der Waals surface area contributed by atoms with Crippen molar-refractivity contribution in [1.82, 2.24) is 4.90 Å². The first-order chi connectivity index (χ1) is 10.6. The van der Waals surface area contributed by atoms with Crippen LogP contribution in [0.25, 0.3) is 0 Å². The molecule has 0 aliphatic rings. The molecule has 1 amide bonds. The molecule has 2 aromatic carbocycles. The predicted octanol–water partition coefficient (Wildman–Crippen LogP) is 2.36. The Hall–Kier alpha value is -2.40. The average molecular weight is 303 g/mol. The minimum Gasteiger partial charge on any atom is -0.484 e. The van der Waals surface area contributed by atoms with E-state index < -0.39 is 0 Å². The maximum absolute atomic E-state index is 12.8. The lowest BCUT2D eigenvalue weighted by molar-refractivity contribution is -0.132. The molecule has 0 spiro atoms. The first-order valence-corrected chi connectivity index (χ1v) is 6.89. The summed E-state index contributed by atoms with van der Waals surface area (Å²) in [6.45, 7) is 0.224. The molecule has 0 bridgehead atoms. The first-order valence-electron chi connectivity index (χ1n) is 6.89. The van der Waals surface area contributed by atoms with E-state index in [1.54, 1.807) is 43.4 Å². The molecule has 5 heteroatoms. The molecule has 0 atom stereocenters. The van der Waals surface area contributed by atoms with Gasteiger partial charge in [0.2, 0.25) is 0 Å². The Kier molecular flexibility index (Phi) is 5.49. The number of amides is 1. The summed E-state index contributed by atoms with van der Waals surface area (Å²) >= 11 is 0. The normalized spacial score (nSPS) is 10.3. The number of halogens is 1. The molecular formula is C17H18FNO3. The lowest BCUT2D eigenvalue weighted by Gasteiger charge is -2.17. The Balaban J connectivity index is 1.86. The Morgan fingerprint density at radius 3 is 2.59 bits per heavy atom. The van der Waals surface area contributed by atoms with Crippen molar-refractivity contribution < 1.29 is 19.0 Å². The van der Waals surface area contributed by atoms with Crippen LogP contribution in [0, 0.1) is 5.82 Å². The fourth-order valence-corrected chi connectivity index (χ4v) is 1.94. The molecule has 0 saturated heterocycles. The molecule has 0 fully saturated rings. The maximum atomic E-state index is 12.8. The lowest BCUT2D eigenvalue weighted by atomic mass is 10.2. The van der Waals surface area contributed by atoms with Gasteiger partial charge in [-0.3, -0.25) is 4.79 Å². The molecule has 0 radical (unpaired) electrons. The van der Waals surface area contributed by atoms with E-state index >= 15 is 0 Å². The van der Waals surface area contributed by atoms with Gasteiger partial charge in [0.1, 0.15) is 11.6 Å². The Morgan fingerprint density at radius 1 is 1.18 bits per heavy atom. The number of rotatable bonds is 6. The zero-order valence-corrected chi connectivity index (χ0v) is 12.3. The SMILES string of the molecule is CN(Cc1ccc(F)cc1)C(=O)COc1cccc(CO)c1. The van der Waals surface area contributed by atoms with Crippen molar-refractivity contribution in [2.24, 2.45) is 0 Å². The molecular weight excluding hydrogens is 285 g/mol. The van der Waals surface area contributed by atoms with Gasteiger partial charge in [-0.2, -0.15) is 0 Å². The third-order valence-corrected chi connectivity index (χ3v) is 3.20. The molecule has 2 rings (SSSR count). The van der Waals surface area contributed by atoms with Crippen LogP contribution in [0.1, 0.15) is 11.1 Å². The van der Waals surface area contributed by atoms with E-state index in [1.807, 2.05) is 0 Å². The minimum atomic E-state index is -0.301. The number of hydrogen-bond acceptors (Lipinski definition) is 3. The van der Waals surface area contributed by atoms with Crippen molar-refractivity contribution >= 4 is 5.91 Å². The van der Waals surface area contributed by atoms with Gasteiger partial charge in [-0.25, -0.2) is 4.39 Å². The van der Waals surface area contributed by atoms with Crippen molar-refractivity contribution in [1.29, 1.82) is 0 Å². The molecule has 0 aliphatic carbocycles. The predicted molar refractivity (Wildman–Crippen MR) is 80.7 cm³/mol. The van der Waals surface area contributed by atoms with Crippen molar-refractivity contribution in [3.63, 3.8) is 0 Å². The molecule has 0 aromatic heterocycles. The quantitative estimate of drug-likeness (QED) is 0.891. The monoisotopic (exact) mass is 303 g/mol. The third-order valence-electron chi connectivity index (χ3n) is 3.20. The Labute approximate surface area is 128 Å². The molecule has 116 valence electrons. The largest absolute Gasteiger partial charge is 0.484 e. The summed E-state index contributed by atoms with van der Waals surface area (Å²) in [6, 6.07) is 13.0. The van der Waals surface area contributed by atoms with Crippen LogP contribution in [0.2, 0.25) is 0 Å². The number of benzene rings is 2. The third kappa shape index (κ3) is 4.56. The highest BCUT2D eigenvalue weighted by Gasteiger charge is 2.10. The van der Waals surface area contributed by atoms with Crippen LogP contribution in [0.4, 0.5) is 4.39 Å².